The highest BCUT2D eigenvalue weighted by molar-refractivity contribution is 5.70. The van der Waals surface area contributed by atoms with Crippen molar-refractivity contribution in [2.24, 2.45) is 0 Å². The molecule has 2 unspecified atom stereocenters. The molecule has 1 aliphatic rings. The number of hydrogen-bond acceptors (Lipinski definition) is 10. The summed E-state index contributed by atoms with van der Waals surface area (Å²) in [5.41, 5.74) is 0. The van der Waals surface area contributed by atoms with Gasteiger partial charge in [-0.3, -0.25) is 9.59 Å². The van der Waals surface area contributed by atoms with Crippen LogP contribution in [0.25, 0.3) is 0 Å². The molecule has 0 aromatic rings. The molecule has 1 aliphatic heterocycles. The summed E-state index contributed by atoms with van der Waals surface area (Å²) in [5.74, 6) is -0.809. The minimum Gasteiger partial charge on any atom is -0.462 e. The summed E-state index contributed by atoms with van der Waals surface area (Å²) in [7, 11) is 0. The summed E-state index contributed by atoms with van der Waals surface area (Å²) in [6, 6.07) is 0. The first-order valence-electron chi connectivity index (χ1n) is 24.0. The number of allylic oxidation sites excluding steroid dienone is 5. The second kappa shape index (κ2) is 40.0. The Kier molecular flexibility index (Phi) is 37.3. The predicted octanol–water partition coefficient (Wildman–Crippen LogP) is 10.7. The van der Waals surface area contributed by atoms with E-state index in [1.807, 2.05) is 6.08 Å². The highest BCUT2D eigenvalue weighted by atomic mass is 16.7. The van der Waals surface area contributed by atoms with Crippen LogP contribution in [-0.2, 0) is 28.5 Å². The minimum absolute atomic E-state index is 0.219. The van der Waals surface area contributed by atoms with Gasteiger partial charge in [-0.25, -0.2) is 0 Å². The average molecular weight is 837 g/mol. The monoisotopic (exact) mass is 837 g/mol. The van der Waals surface area contributed by atoms with Gasteiger partial charge in [0, 0.05) is 12.8 Å². The molecule has 59 heavy (non-hydrogen) atoms. The van der Waals surface area contributed by atoms with E-state index in [-0.39, 0.29) is 32.0 Å². The molecule has 6 atom stereocenters. The Balaban J connectivity index is 2.28. The number of aliphatic hydroxyl groups is 4. The molecule has 0 aromatic heterocycles. The van der Waals surface area contributed by atoms with E-state index in [0.717, 1.165) is 64.2 Å². The van der Waals surface area contributed by atoms with Gasteiger partial charge in [0.25, 0.3) is 0 Å². The van der Waals surface area contributed by atoms with E-state index in [1.54, 1.807) is 0 Å². The van der Waals surface area contributed by atoms with Gasteiger partial charge < -0.3 is 39.4 Å². The fraction of sp³-hybridized carbons (Fsp3) is 0.837. The van der Waals surface area contributed by atoms with Crippen molar-refractivity contribution in [3.05, 3.63) is 37.0 Å². The second-order valence-electron chi connectivity index (χ2n) is 16.6. The van der Waals surface area contributed by atoms with Crippen molar-refractivity contribution in [1.29, 1.82) is 0 Å². The van der Waals surface area contributed by atoms with Crippen LogP contribution in [0.5, 0.6) is 0 Å². The molecule has 0 spiro atoms. The van der Waals surface area contributed by atoms with Gasteiger partial charge in [-0.05, 0) is 57.8 Å². The first-order valence-corrected chi connectivity index (χ1v) is 24.0. The smallest absolute Gasteiger partial charge is 0.306 e. The Bertz CT molecular complexity index is 1050. The quantitative estimate of drug-likeness (QED) is 0.0266. The number of rotatable bonds is 41. The molecule has 0 radical (unpaired) electrons. The Morgan fingerprint density at radius 3 is 1.53 bits per heavy atom. The number of aliphatic hydroxyl groups excluding tert-OH is 4. The van der Waals surface area contributed by atoms with Crippen LogP contribution < -0.4 is 0 Å². The van der Waals surface area contributed by atoms with E-state index in [4.69, 9.17) is 18.9 Å². The minimum atomic E-state index is -1.60. The molecule has 0 amide bonds. The van der Waals surface area contributed by atoms with Gasteiger partial charge in [-0.1, -0.05) is 166 Å². The van der Waals surface area contributed by atoms with Gasteiger partial charge in [0.15, 0.2) is 12.4 Å². The van der Waals surface area contributed by atoms with E-state index in [1.165, 1.54) is 116 Å². The maximum absolute atomic E-state index is 12.8. The second-order valence-corrected chi connectivity index (χ2v) is 16.6. The Morgan fingerprint density at radius 1 is 0.576 bits per heavy atom. The van der Waals surface area contributed by atoms with E-state index in [9.17, 15) is 30.0 Å². The summed E-state index contributed by atoms with van der Waals surface area (Å²) in [6.07, 6.45) is 37.5. The molecular weight excluding hydrogens is 749 g/mol. The van der Waals surface area contributed by atoms with Crippen molar-refractivity contribution in [3.63, 3.8) is 0 Å². The van der Waals surface area contributed by atoms with Gasteiger partial charge in [-0.15, -0.1) is 6.58 Å². The summed E-state index contributed by atoms with van der Waals surface area (Å²) < 4.78 is 22.2. The highest BCUT2D eigenvalue weighted by Crippen LogP contribution is 2.23. The summed E-state index contributed by atoms with van der Waals surface area (Å²) in [6.45, 7) is 4.93. The number of esters is 2. The number of unbranched alkanes of at least 4 members (excludes halogenated alkanes) is 25. The van der Waals surface area contributed by atoms with Crippen LogP contribution in [0.4, 0.5) is 0 Å². The third-order valence-electron chi connectivity index (χ3n) is 11.1. The molecule has 1 rings (SSSR count). The van der Waals surface area contributed by atoms with Gasteiger partial charge in [0.1, 0.15) is 31.0 Å². The molecule has 4 N–H and O–H groups in total. The molecule has 10 nitrogen and oxygen atoms in total. The maximum atomic E-state index is 12.8. The van der Waals surface area contributed by atoms with Crippen LogP contribution in [0, 0.1) is 0 Å². The zero-order chi connectivity index (χ0) is 43.0. The Hall–Kier alpha value is -2.08. The molecule has 0 saturated carbocycles. The highest BCUT2D eigenvalue weighted by Gasteiger charge is 2.44. The molecule has 10 heteroatoms. The molecule has 1 fully saturated rings. The summed E-state index contributed by atoms with van der Waals surface area (Å²) in [5, 5.41) is 40.1. The SMILES string of the molecule is C=CCCCCCCCCCCCCCCCC(=O)O[C@@H](COC(=O)CCCCCCCCCCC/C=C/C/C=C/CCCCC)CO[C@H]1O[C@@H](CO)[C@@H](O)C(O)C1O. The number of ether oxygens (including phenoxy) is 4. The van der Waals surface area contributed by atoms with Crippen LogP contribution in [0.3, 0.4) is 0 Å². The van der Waals surface area contributed by atoms with Gasteiger partial charge >= 0.3 is 11.9 Å². The fourth-order valence-electron chi connectivity index (χ4n) is 7.32. The largest absolute Gasteiger partial charge is 0.462 e. The Labute approximate surface area is 359 Å². The molecule has 0 bridgehead atoms. The van der Waals surface area contributed by atoms with Crippen molar-refractivity contribution >= 4 is 11.9 Å². The van der Waals surface area contributed by atoms with Crippen LogP contribution >= 0.6 is 0 Å². The van der Waals surface area contributed by atoms with Crippen LogP contribution in [0.2, 0.25) is 0 Å². The lowest BCUT2D eigenvalue weighted by molar-refractivity contribution is -0.305. The first kappa shape index (κ1) is 54.9. The van der Waals surface area contributed by atoms with Crippen molar-refractivity contribution in [2.45, 2.75) is 243 Å². The summed E-state index contributed by atoms with van der Waals surface area (Å²) >= 11 is 0. The van der Waals surface area contributed by atoms with Gasteiger partial charge in [0.2, 0.25) is 0 Å². The lowest BCUT2D eigenvalue weighted by Gasteiger charge is -2.39. The first-order chi connectivity index (χ1) is 28.8. The number of carbonyl (C=O) groups is 2. The zero-order valence-electron chi connectivity index (χ0n) is 37.3. The normalized spacial score (nSPS) is 20.1. The average Bonchev–Trinajstić information content (AvgIpc) is 3.23. The molecule has 1 heterocycles. The van der Waals surface area contributed by atoms with Crippen molar-refractivity contribution in [2.75, 3.05) is 19.8 Å². The predicted molar refractivity (Wildman–Crippen MR) is 238 cm³/mol. The van der Waals surface area contributed by atoms with E-state index < -0.39 is 49.4 Å². The fourth-order valence-corrected chi connectivity index (χ4v) is 7.32. The third-order valence-corrected chi connectivity index (χ3v) is 11.1. The Morgan fingerprint density at radius 2 is 1.03 bits per heavy atom. The van der Waals surface area contributed by atoms with Gasteiger partial charge in [-0.2, -0.15) is 0 Å². The van der Waals surface area contributed by atoms with Crippen LogP contribution in [0.1, 0.15) is 206 Å². The van der Waals surface area contributed by atoms with E-state index >= 15 is 0 Å². The lowest BCUT2D eigenvalue weighted by atomic mass is 9.99. The molecule has 1 saturated heterocycles. The summed E-state index contributed by atoms with van der Waals surface area (Å²) in [4.78, 5) is 25.4. The number of hydrogen-bond donors (Lipinski definition) is 4. The van der Waals surface area contributed by atoms with Gasteiger partial charge in [0.05, 0.1) is 13.2 Å². The van der Waals surface area contributed by atoms with E-state index in [2.05, 4.69) is 37.8 Å². The standard InChI is InChI=1S/C49H88O10/c1-3-5-7-9-11-13-15-17-19-20-21-22-24-25-27-29-31-33-35-37-44(51)56-40-42(41-57-49-48(55)47(54)46(53)43(39-50)59-49)58-45(52)38-36-34-32-30-28-26-23-18-16-14-12-10-8-6-4-2/h4,11,13,17,19,42-43,46-50,53-55H,2-3,5-10,12,14-16,18,20-41H2,1H3/b13-11+,19-17+/t42-,43-,46+,47?,48?,49-/m0/s1. The van der Waals surface area contributed by atoms with Crippen molar-refractivity contribution in [3.8, 4) is 0 Å². The molecule has 344 valence electrons. The lowest BCUT2D eigenvalue weighted by Crippen LogP contribution is -2.59. The van der Waals surface area contributed by atoms with Crippen LogP contribution in [0.15, 0.2) is 37.0 Å². The van der Waals surface area contributed by atoms with Crippen molar-refractivity contribution in [1.82, 2.24) is 0 Å². The van der Waals surface area contributed by atoms with Crippen molar-refractivity contribution < 1.29 is 49.0 Å². The molecule has 0 aliphatic carbocycles. The third kappa shape index (κ3) is 31.4. The van der Waals surface area contributed by atoms with Crippen LogP contribution in [-0.4, -0.2) is 89.0 Å². The topological polar surface area (TPSA) is 152 Å². The molecular formula is C49H88O10. The van der Waals surface area contributed by atoms with E-state index in [0.29, 0.717) is 6.42 Å². The zero-order valence-corrected chi connectivity index (χ0v) is 37.3. The molecule has 0 aromatic carbocycles. The maximum Gasteiger partial charge on any atom is 0.306 e. The number of carbonyl (C=O) groups excluding carboxylic acids is 2.